The van der Waals surface area contributed by atoms with Gasteiger partial charge < -0.3 is 5.32 Å². The second kappa shape index (κ2) is 5.92. The first kappa shape index (κ1) is 11.5. The highest BCUT2D eigenvalue weighted by molar-refractivity contribution is 7.98. The molecule has 1 atom stereocenters. The fraction of sp³-hybridized carbons (Fsp3) is 0.667. The van der Waals surface area contributed by atoms with Crippen LogP contribution in [0.25, 0.3) is 0 Å². The summed E-state index contributed by atoms with van der Waals surface area (Å²) in [5, 5.41) is 5.90. The van der Waals surface area contributed by atoms with Crippen LogP contribution in [0.4, 0.5) is 0 Å². The quantitative estimate of drug-likeness (QED) is 0.733. The van der Waals surface area contributed by atoms with Gasteiger partial charge in [-0.15, -0.1) is 11.3 Å². The lowest BCUT2D eigenvalue weighted by Gasteiger charge is -2.16. The Morgan fingerprint density at radius 2 is 2.47 bits per heavy atom. The summed E-state index contributed by atoms with van der Waals surface area (Å²) in [5.41, 5.74) is 0. The van der Waals surface area contributed by atoms with Crippen molar-refractivity contribution < 1.29 is 0 Å². The molecule has 0 saturated heterocycles. The number of nitrogens with one attached hydrogen (secondary N) is 1. The standard InChI is InChI=1S/C12H19NS2/c1-14-8-3-7-13-12(10-5-6-10)11-4-2-9-15-11/h2,4,9-10,12-13H,3,5-8H2,1H3. The van der Waals surface area contributed by atoms with Gasteiger partial charge in [0.25, 0.3) is 0 Å². The van der Waals surface area contributed by atoms with Gasteiger partial charge in [-0.2, -0.15) is 11.8 Å². The topological polar surface area (TPSA) is 12.0 Å². The average molecular weight is 241 g/mol. The second-order valence-electron chi connectivity index (χ2n) is 4.13. The van der Waals surface area contributed by atoms with Crippen molar-refractivity contribution in [2.45, 2.75) is 25.3 Å². The van der Waals surface area contributed by atoms with Gasteiger partial charge in [-0.1, -0.05) is 6.07 Å². The maximum absolute atomic E-state index is 3.72. The zero-order valence-electron chi connectivity index (χ0n) is 9.24. The first-order valence-corrected chi connectivity index (χ1v) is 7.95. The molecule has 2 rings (SSSR count). The zero-order chi connectivity index (χ0) is 10.5. The van der Waals surface area contributed by atoms with Crippen molar-refractivity contribution in [3.8, 4) is 0 Å². The van der Waals surface area contributed by atoms with Crippen LogP contribution in [-0.2, 0) is 0 Å². The lowest BCUT2D eigenvalue weighted by atomic mass is 10.1. The number of hydrogen-bond acceptors (Lipinski definition) is 3. The molecule has 1 fully saturated rings. The van der Waals surface area contributed by atoms with E-state index in [2.05, 4.69) is 29.1 Å². The molecule has 1 unspecified atom stereocenters. The van der Waals surface area contributed by atoms with Gasteiger partial charge in [-0.25, -0.2) is 0 Å². The van der Waals surface area contributed by atoms with Crippen LogP contribution in [0.3, 0.4) is 0 Å². The second-order valence-corrected chi connectivity index (χ2v) is 6.10. The van der Waals surface area contributed by atoms with E-state index in [1.54, 1.807) is 0 Å². The highest BCUT2D eigenvalue weighted by Gasteiger charge is 2.32. The lowest BCUT2D eigenvalue weighted by Crippen LogP contribution is -2.23. The molecule has 0 radical (unpaired) electrons. The SMILES string of the molecule is CSCCCNC(c1cccs1)C1CC1. The summed E-state index contributed by atoms with van der Waals surface area (Å²) in [6, 6.07) is 5.08. The van der Waals surface area contributed by atoms with E-state index < -0.39 is 0 Å². The maximum atomic E-state index is 3.72. The van der Waals surface area contributed by atoms with Gasteiger partial charge in [0.15, 0.2) is 0 Å². The van der Waals surface area contributed by atoms with Crippen molar-refractivity contribution >= 4 is 23.1 Å². The molecule has 0 spiro atoms. The van der Waals surface area contributed by atoms with Crippen molar-refractivity contribution in [3.05, 3.63) is 22.4 Å². The van der Waals surface area contributed by atoms with E-state index in [1.165, 1.54) is 36.4 Å². The minimum absolute atomic E-state index is 0.645. The van der Waals surface area contributed by atoms with Crippen LogP contribution in [0.15, 0.2) is 17.5 Å². The first-order valence-electron chi connectivity index (χ1n) is 5.67. The van der Waals surface area contributed by atoms with Gasteiger partial charge in [-0.3, -0.25) is 0 Å². The molecule has 3 heteroatoms. The lowest BCUT2D eigenvalue weighted by molar-refractivity contribution is 0.489. The van der Waals surface area contributed by atoms with Gasteiger partial charge >= 0.3 is 0 Å². The molecule has 1 aliphatic carbocycles. The third kappa shape index (κ3) is 3.51. The van der Waals surface area contributed by atoms with E-state index in [9.17, 15) is 0 Å². The van der Waals surface area contributed by atoms with Gasteiger partial charge in [0.05, 0.1) is 0 Å². The Balaban J connectivity index is 1.79. The third-order valence-corrected chi connectivity index (χ3v) is 4.48. The Morgan fingerprint density at radius 1 is 1.60 bits per heavy atom. The normalized spacial score (nSPS) is 17.9. The molecule has 1 heterocycles. The maximum Gasteiger partial charge on any atom is 0.0443 e. The van der Waals surface area contributed by atoms with Crippen LogP contribution in [0.1, 0.15) is 30.2 Å². The summed E-state index contributed by atoms with van der Waals surface area (Å²) in [5.74, 6) is 2.19. The molecular weight excluding hydrogens is 222 g/mol. The van der Waals surface area contributed by atoms with Crippen molar-refractivity contribution in [1.82, 2.24) is 5.32 Å². The van der Waals surface area contributed by atoms with Crippen LogP contribution in [-0.4, -0.2) is 18.6 Å². The molecule has 1 aromatic rings. The highest BCUT2D eigenvalue weighted by Crippen LogP contribution is 2.42. The molecule has 1 aromatic heterocycles. The monoisotopic (exact) mass is 241 g/mol. The fourth-order valence-electron chi connectivity index (χ4n) is 1.87. The molecule has 0 amide bonds. The molecule has 0 bridgehead atoms. The van der Waals surface area contributed by atoms with Crippen LogP contribution in [0, 0.1) is 5.92 Å². The molecular formula is C12H19NS2. The van der Waals surface area contributed by atoms with Gasteiger partial charge in [0, 0.05) is 10.9 Å². The largest absolute Gasteiger partial charge is 0.309 e. The number of thioether (sulfide) groups is 1. The predicted molar refractivity (Wildman–Crippen MR) is 70.8 cm³/mol. The molecule has 15 heavy (non-hydrogen) atoms. The molecule has 0 aromatic carbocycles. The Kier molecular flexibility index (Phi) is 4.54. The minimum Gasteiger partial charge on any atom is -0.309 e. The van der Waals surface area contributed by atoms with Crippen molar-refractivity contribution in [2.24, 2.45) is 5.92 Å². The Bertz CT molecular complexity index is 267. The zero-order valence-corrected chi connectivity index (χ0v) is 10.9. The molecule has 1 aliphatic rings. The Hall–Kier alpha value is 0.01000. The van der Waals surface area contributed by atoms with Crippen LogP contribution >= 0.6 is 23.1 Å². The fourth-order valence-corrected chi connectivity index (χ4v) is 3.20. The van der Waals surface area contributed by atoms with E-state index in [1.807, 2.05) is 23.1 Å². The summed E-state index contributed by atoms with van der Waals surface area (Å²) in [6.45, 7) is 1.17. The summed E-state index contributed by atoms with van der Waals surface area (Å²) in [6.07, 6.45) is 6.30. The van der Waals surface area contributed by atoms with Crippen molar-refractivity contribution in [2.75, 3.05) is 18.6 Å². The summed E-state index contributed by atoms with van der Waals surface area (Å²) < 4.78 is 0. The molecule has 84 valence electrons. The summed E-state index contributed by atoms with van der Waals surface area (Å²) in [4.78, 5) is 1.53. The summed E-state index contributed by atoms with van der Waals surface area (Å²) >= 11 is 3.83. The van der Waals surface area contributed by atoms with Gasteiger partial charge in [0.1, 0.15) is 0 Å². The van der Waals surface area contributed by atoms with E-state index >= 15 is 0 Å². The van der Waals surface area contributed by atoms with E-state index in [0.29, 0.717) is 6.04 Å². The molecule has 0 aliphatic heterocycles. The third-order valence-electron chi connectivity index (χ3n) is 2.83. The van der Waals surface area contributed by atoms with Gasteiger partial charge in [0.2, 0.25) is 0 Å². The Morgan fingerprint density at radius 3 is 3.07 bits per heavy atom. The molecule has 1 N–H and O–H groups in total. The minimum atomic E-state index is 0.645. The highest BCUT2D eigenvalue weighted by atomic mass is 32.2. The molecule has 1 saturated carbocycles. The van der Waals surface area contributed by atoms with Gasteiger partial charge in [-0.05, 0) is 55.2 Å². The Labute approximate surface area is 101 Å². The predicted octanol–water partition coefficient (Wildman–Crippen LogP) is 3.54. The van der Waals surface area contributed by atoms with E-state index in [4.69, 9.17) is 0 Å². The number of hydrogen-bond donors (Lipinski definition) is 1. The summed E-state index contributed by atoms with van der Waals surface area (Å²) in [7, 11) is 0. The molecule has 1 nitrogen and oxygen atoms in total. The van der Waals surface area contributed by atoms with Crippen LogP contribution in [0.5, 0.6) is 0 Å². The van der Waals surface area contributed by atoms with Crippen molar-refractivity contribution in [3.63, 3.8) is 0 Å². The number of rotatable bonds is 7. The van der Waals surface area contributed by atoms with Crippen molar-refractivity contribution in [1.29, 1.82) is 0 Å². The van der Waals surface area contributed by atoms with Crippen LogP contribution in [0.2, 0.25) is 0 Å². The number of thiophene rings is 1. The average Bonchev–Trinajstić information content (AvgIpc) is 2.93. The van der Waals surface area contributed by atoms with Crippen LogP contribution < -0.4 is 5.32 Å². The van der Waals surface area contributed by atoms with E-state index in [0.717, 1.165) is 5.92 Å². The smallest absolute Gasteiger partial charge is 0.0443 e. The first-order chi connectivity index (χ1) is 7.42. The van der Waals surface area contributed by atoms with E-state index in [-0.39, 0.29) is 0 Å².